The summed E-state index contributed by atoms with van der Waals surface area (Å²) in [5, 5.41) is 0. The molecule has 0 unspecified atom stereocenters. The molecule has 0 aromatic heterocycles. The lowest BCUT2D eigenvalue weighted by Crippen LogP contribution is -2.46. The van der Waals surface area contributed by atoms with E-state index >= 15 is 0 Å². The lowest BCUT2D eigenvalue weighted by atomic mass is 9.97. The molecule has 0 heterocycles. The van der Waals surface area contributed by atoms with Gasteiger partial charge in [0.15, 0.2) is 0 Å². The van der Waals surface area contributed by atoms with Crippen molar-refractivity contribution in [3.63, 3.8) is 0 Å². The Hall–Kier alpha value is -2.62. The summed E-state index contributed by atoms with van der Waals surface area (Å²) in [6.07, 6.45) is 0. The highest BCUT2D eigenvalue weighted by Crippen LogP contribution is 2.25. The first-order chi connectivity index (χ1) is 11.5. The summed E-state index contributed by atoms with van der Waals surface area (Å²) in [7, 11) is 2.99. The van der Waals surface area contributed by atoms with Gasteiger partial charge in [-0.1, -0.05) is 62.4 Å². The van der Waals surface area contributed by atoms with Crippen molar-refractivity contribution in [1.82, 2.24) is 4.90 Å². The number of nitrogens with zero attached hydrogens (tertiary/aromatic N) is 1. The average Bonchev–Trinajstić information content (AvgIpc) is 2.61. The Morgan fingerprint density at radius 2 is 1.54 bits per heavy atom. The van der Waals surface area contributed by atoms with E-state index in [1.807, 2.05) is 62.4 Å². The molecule has 0 radical (unpaired) electrons. The molecule has 0 bridgehead atoms. The van der Waals surface area contributed by atoms with Crippen LogP contribution >= 0.6 is 0 Å². The van der Waals surface area contributed by atoms with Crippen LogP contribution in [0.4, 0.5) is 0 Å². The van der Waals surface area contributed by atoms with Crippen LogP contribution in [0.15, 0.2) is 54.6 Å². The van der Waals surface area contributed by atoms with Crippen LogP contribution in [0.3, 0.4) is 0 Å². The molecule has 2 rings (SSSR count). The van der Waals surface area contributed by atoms with Gasteiger partial charge in [0.25, 0.3) is 5.91 Å². The minimum Gasteiger partial charge on any atom is -0.467 e. The predicted molar refractivity (Wildman–Crippen MR) is 94.6 cm³/mol. The lowest BCUT2D eigenvalue weighted by molar-refractivity contribution is -0.147. The van der Waals surface area contributed by atoms with Gasteiger partial charge in [-0.05, 0) is 23.1 Å². The van der Waals surface area contributed by atoms with E-state index in [-0.39, 0.29) is 11.8 Å². The van der Waals surface area contributed by atoms with Gasteiger partial charge in [0.05, 0.1) is 7.11 Å². The van der Waals surface area contributed by atoms with Crippen LogP contribution in [-0.2, 0) is 9.53 Å². The minimum atomic E-state index is -0.619. The van der Waals surface area contributed by atoms with Crippen molar-refractivity contribution >= 4 is 11.9 Å². The molecule has 0 aliphatic heterocycles. The maximum absolute atomic E-state index is 13.0. The Morgan fingerprint density at radius 3 is 2.12 bits per heavy atom. The fourth-order valence-electron chi connectivity index (χ4n) is 2.85. The molecule has 0 spiro atoms. The van der Waals surface area contributed by atoms with Gasteiger partial charge < -0.3 is 9.64 Å². The van der Waals surface area contributed by atoms with Gasteiger partial charge in [-0.15, -0.1) is 0 Å². The van der Waals surface area contributed by atoms with E-state index in [1.165, 1.54) is 12.0 Å². The zero-order valence-corrected chi connectivity index (χ0v) is 14.5. The van der Waals surface area contributed by atoms with Crippen LogP contribution in [0.2, 0.25) is 0 Å². The SMILES string of the molecule is COC(=O)[C@H](C(C)C)N(C)C(=O)c1ccccc1-c1ccccc1. The normalized spacial score (nSPS) is 11.9. The number of rotatable bonds is 5. The Bertz CT molecular complexity index is 710. The second-order valence-corrected chi connectivity index (χ2v) is 6.04. The van der Waals surface area contributed by atoms with E-state index in [0.717, 1.165) is 11.1 Å². The number of carbonyl (C=O) groups excluding carboxylic acids is 2. The van der Waals surface area contributed by atoms with Crippen molar-refractivity contribution in [1.29, 1.82) is 0 Å². The molecule has 126 valence electrons. The van der Waals surface area contributed by atoms with Gasteiger partial charge in [-0.2, -0.15) is 0 Å². The standard InChI is InChI=1S/C20H23NO3/c1-14(2)18(20(23)24-4)21(3)19(22)17-13-9-8-12-16(17)15-10-6-5-7-11-15/h5-14,18H,1-4H3/t18-/m0/s1. The summed E-state index contributed by atoms with van der Waals surface area (Å²) in [5.41, 5.74) is 2.39. The zero-order valence-electron chi connectivity index (χ0n) is 14.5. The quantitative estimate of drug-likeness (QED) is 0.789. The number of hydrogen-bond acceptors (Lipinski definition) is 3. The molecule has 0 aliphatic rings. The molecule has 0 fully saturated rings. The van der Waals surface area contributed by atoms with Crippen LogP contribution in [0.25, 0.3) is 11.1 Å². The summed E-state index contributed by atoms with van der Waals surface area (Å²) in [6.45, 7) is 3.79. The highest BCUT2D eigenvalue weighted by atomic mass is 16.5. The molecule has 2 aromatic carbocycles. The molecule has 2 aromatic rings. The van der Waals surface area contributed by atoms with Gasteiger partial charge >= 0.3 is 5.97 Å². The first kappa shape index (κ1) is 17.7. The van der Waals surface area contributed by atoms with E-state index < -0.39 is 12.0 Å². The maximum atomic E-state index is 13.0. The van der Waals surface area contributed by atoms with Gasteiger partial charge in [-0.25, -0.2) is 4.79 Å². The predicted octanol–water partition coefficient (Wildman–Crippen LogP) is 3.62. The van der Waals surface area contributed by atoms with Gasteiger partial charge in [0.1, 0.15) is 6.04 Å². The highest BCUT2D eigenvalue weighted by Gasteiger charge is 2.31. The van der Waals surface area contributed by atoms with Gasteiger partial charge in [0, 0.05) is 12.6 Å². The Morgan fingerprint density at radius 1 is 0.958 bits per heavy atom. The van der Waals surface area contributed by atoms with E-state index in [4.69, 9.17) is 4.74 Å². The number of hydrogen-bond donors (Lipinski definition) is 0. The van der Waals surface area contributed by atoms with Crippen molar-refractivity contribution in [2.75, 3.05) is 14.2 Å². The number of amides is 1. The number of ether oxygens (including phenoxy) is 1. The van der Waals surface area contributed by atoms with Crippen molar-refractivity contribution in [2.45, 2.75) is 19.9 Å². The number of carbonyl (C=O) groups is 2. The molecule has 0 saturated carbocycles. The van der Waals surface area contributed by atoms with E-state index in [2.05, 4.69) is 0 Å². The lowest BCUT2D eigenvalue weighted by Gasteiger charge is -2.29. The van der Waals surface area contributed by atoms with E-state index in [9.17, 15) is 9.59 Å². The number of esters is 1. The molecule has 0 N–H and O–H groups in total. The summed E-state index contributed by atoms with van der Waals surface area (Å²) in [6, 6.07) is 16.6. The zero-order chi connectivity index (χ0) is 17.7. The third kappa shape index (κ3) is 3.65. The van der Waals surface area contributed by atoms with Gasteiger partial charge in [-0.3, -0.25) is 4.79 Å². The number of benzene rings is 2. The summed E-state index contributed by atoms with van der Waals surface area (Å²) in [4.78, 5) is 26.6. The molecule has 1 atom stereocenters. The van der Waals surface area contributed by atoms with Gasteiger partial charge in [0.2, 0.25) is 0 Å². The third-order valence-corrected chi connectivity index (χ3v) is 4.05. The monoisotopic (exact) mass is 325 g/mol. The molecular formula is C20H23NO3. The van der Waals surface area contributed by atoms with Crippen LogP contribution < -0.4 is 0 Å². The van der Waals surface area contributed by atoms with Crippen LogP contribution in [-0.4, -0.2) is 37.0 Å². The van der Waals surface area contributed by atoms with Crippen molar-refractivity contribution in [3.8, 4) is 11.1 Å². The molecule has 4 nitrogen and oxygen atoms in total. The average molecular weight is 325 g/mol. The van der Waals surface area contributed by atoms with E-state index in [0.29, 0.717) is 5.56 Å². The van der Waals surface area contributed by atoms with Crippen LogP contribution in [0.1, 0.15) is 24.2 Å². The fourth-order valence-corrected chi connectivity index (χ4v) is 2.85. The molecule has 0 saturated heterocycles. The molecule has 1 amide bonds. The van der Waals surface area contributed by atoms with E-state index in [1.54, 1.807) is 13.1 Å². The van der Waals surface area contributed by atoms with Crippen LogP contribution in [0.5, 0.6) is 0 Å². The number of methoxy groups -OCH3 is 1. The maximum Gasteiger partial charge on any atom is 0.328 e. The summed E-state index contributed by atoms with van der Waals surface area (Å²) in [5.74, 6) is -0.646. The fraction of sp³-hybridized carbons (Fsp3) is 0.300. The first-order valence-electron chi connectivity index (χ1n) is 7.96. The Labute approximate surface area is 143 Å². The number of likely N-dealkylation sites (N-methyl/N-ethyl adjacent to an activating group) is 1. The van der Waals surface area contributed by atoms with Crippen LogP contribution in [0, 0.1) is 5.92 Å². The smallest absolute Gasteiger partial charge is 0.328 e. The Kier molecular flexibility index (Phi) is 5.74. The van der Waals surface area contributed by atoms with Crippen molar-refractivity contribution in [3.05, 3.63) is 60.2 Å². The Balaban J connectivity index is 2.41. The second-order valence-electron chi connectivity index (χ2n) is 6.04. The summed E-state index contributed by atoms with van der Waals surface area (Å²) < 4.78 is 4.86. The largest absolute Gasteiger partial charge is 0.467 e. The minimum absolute atomic E-state index is 0.0460. The topological polar surface area (TPSA) is 46.6 Å². The second kappa shape index (κ2) is 7.77. The third-order valence-electron chi connectivity index (χ3n) is 4.05. The molecule has 24 heavy (non-hydrogen) atoms. The molecular weight excluding hydrogens is 302 g/mol. The van der Waals surface area contributed by atoms with Crippen molar-refractivity contribution in [2.24, 2.45) is 5.92 Å². The molecule has 0 aliphatic carbocycles. The van der Waals surface area contributed by atoms with Crippen molar-refractivity contribution < 1.29 is 14.3 Å². The summed E-state index contributed by atoms with van der Waals surface area (Å²) >= 11 is 0. The molecule has 4 heteroatoms. The first-order valence-corrected chi connectivity index (χ1v) is 7.96. The highest BCUT2D eigenvalue weighted by molar-refractivity contribution is 6.02.